The molecule has 1 amide bonds. The number of rotatable bonds is 3. The summed E-state index contributed by atoms with van der Waals surface area (Å²) < 4.78 is 4.78. The van der Waals surface area contributed by atoms with E-state index in [1.165, 1.54) is 6.39 Å². The third kappa shape index (κ3) is 2.74. The molecule has 0 radical (unpaired) electrons. The van der Waals surface area contributed by atoms with Gasteiger partial charge >= 0.3 is 0 Å². The fourth-order valence-corrected chi connectivity index (χ4v) is 2.61. The van der Waals surface area contributed by atoms with Gasteiger partial charge in [0.25, 0.3) is 5.91 Å². The van der Waals surface area contributed by atoms with Crippen molar-refractivity contribution in [2.75, 3.05) is 32.1 Å². The lowest BCUT2D eigenvalue weighted by molar-refractivity contribution is 0.0790. The zero-order valence-corrected chi connectivity index (χ0v) is 12.2. The minimum absolute atomic E-state index is 0.0599. The van der Waals surface area contributed by atoms with Crippen LogP contribution in [0.25, 0.3) is 0 Å². The normalized spacial score (nSPS) is 18.0. The molecule has 1 fully saturated rings. The quantitative estimate of drug-likeness (QED) is 0.860. The lowest BCUT2D eigenvalue weighted by atomic mass is 10.1. The van der Waals surface area contributed by atoms with Gasteiger partial charge in [-0.15, -0.1) is 0 Å². The highest BCUT2D eigenvalue weighted by Crippen LogP contribution is 2.26. The minimum Gasteiger partial charge on any atom is -0.378 e. The van der Waals surface area contributed by atoms with Gasteiger partial charge in [-0.3, -0.25) is 4.79 Å². The Bertz CT molecular complexity index is 624. The third-order valence-electron chi connectivity index (χ3n) is 3.83. The number of amides is 1. The van der Waals surface area contributed by atoms with Crippen molar-refractivity contribution in [3.05, 3.63) is 42.0 Å². The molecule has 1 aromatic carbocycles. The van der Waals surface area contributed by atoms with Crippen LogP contribution in [0.4, 0.5) is 5.69 Å². The molecule has 1 atom stereocenters. The van der Waals surface area contributed by atoms with Crippen molar-refractivity contribution >= 4 is 11.6 Å². The van der Waals surface area contributed by atoms with Gasteiger partial charge < -0.3 is 14.3 Å². The molecule has 1 saturated heterocycles. The van der Waals surface area contributed by atoms with E-state index in [1.807, 2.05) is 48.2 Å². The number of hydrogen-bond donors (Lipinski definition) is 0. The molecule has 1 aromatic heterocycles. The Balaban J connectivity index is 1.73. The number of benzene rings is 1. The standard InChI is InChI=1S/C15H18N4O2/c1-18(2)13-5-3-4-11(8-13)15(20)19-7-6-12(9-19)14-16-10-21-17-14/h3-5,8,10,12H,6-7,9H2,1-2H3/t12-/m1/s1. The van der Waals surface area contributed by atoms with E-state index >= 15 is 0 Å². The molecular weight excluding hydrogens is 268 g/mol. The van der Waals surface area contributed by atoms with Gasteiger partial charge in [0.1, 0.15) is 0 Å². The summed E-state index contributed by atoms with van der Waals surface area (Å²) in [6, 6.07) is 7.68. The van der Waals surface area contributed by atoms with Crippen molar-refractivity contribution in [1.82, 2.24) is 15.0 Å². The van der Waals surface area contributed by atoms with Crippen molar-refractivity contribution < 1.29 is 9.32 Å². The summed E-state index contributed by atoms with van der Waals surface area (Å²) in [6.07, 6.45) is 2.21. The largest absolute Gasteiger partial charge is 0.378 e. The first-order valence-corrected chi connectivity index (χ1v) is 6.98. The predicted octanol–water partition coefficient (Wildman–Crippen LogP) is 1.77. The lowest BCUT2D eigenvalue weighted by Gasteiger charge is -2.18. The molecule has 0 bridgehead atoms. The molecule has 110 valence electrons. The summed E-state index contributed by atoms with van der Waals surface area (Å²) in [5, 5.41) is 3.87. The average molecular weight is 286 g/mol. The summed E-state index contributed by atoms with van der Waals surface area (Å²) >= 11 is 0. The predicted molar refractivity (Wildman–Crippen MR) is 78.3 cm³/mol. The number of aromatic nitrogens is 2. The van der Waals surface area contributed by atoms with E-state index in [2.05, 4.69) is 10.1 Å². The summed E-state index contributed by atoms with van der Waals surface area (Å²) in [6.45, 7) is 1.37. The van der Waals surface area contributed by atoms with E-state index in [4.69, 9.17) is 4.52 Å². The molecule has 0 spiro atoms. The molecule has 6 nitrogen and oxygen atoms in total. The summed E-state index contributed by atoms with van der Waals surface area (Å²) in [5.41, 5.74) is 1.74. The molecular formula is C15H18N4O2. The van der Waals surface area contributed by atoms with Crippen molar-refractivity contribution in [2.24, 2.45) is 0 Å². The summed E-state index contributed by atoms with van der Waals surface area (Å²) in [4.78, 5) is 20.5. The SMILES string of the molecule is CN(C)c1cccc(C(=O)N2CC[C@@H](c3ncon3)C2)c1. The topological polar surface area (TPSA) is 62.5 Å². The molecule has 0 saturated carbocycles. The van der Waals surface area contributed by atoms with E-state index < -0.39 is 0 Å². The summed E-state index contributed by atoms with van der Waals surface area (Å²) in [5.74, 6) is 0.918. The first-order chi connectivity index (χ1) is 10.1. The maximum atomic E-state index is 12.6. The highest BCUT2D eigenvalue weighted by Gasteiger charge is 2.30. The molecule has 0 aliphatic carbocycles. The van der Waals surface area contributed by atoms with Gasteiger partial charge in [0, 0.05) is 44.4 Å². The smallest absolute Gasteiger partial charge is 0.253 e. The van der Waals surface area contributed by atoms with Crippen LogP contribution in [0.2, 0.25) is 0 Å². The van der Waals surface area contributed by atoms with E-state index in [1.54, 1.807) is 0 Å². The average Bonchev–Trinajstić information content (AvgIpc) is 3.17. The van der Waals surface area contributed by atoms with E-state index in [0.717, 1.165) is 24.2 Å². The summed E-state index contributed by atoms with van der Waals surface area (Å²) in [7, 11) is 3.93. The molecule has 3 rings (SSSR count). The Morgan fingerprint density at radius 1 is 1.43 bits per heavy atom. The molecule has 2 aromatic rings. The number of likely N-dealkylation sites (tertiary alicyclic amines) is 1. The van der Waals surface area contributed by atoms with Crippen LogP contribution in [-0.4, -0.2) is 48.1 Å². The second kappa shape index (κ2) is 5.55. The van der Waals surface area contributed by atoms with Crippen LogP contribution in [0.5, 0.6) is 0 Å². The second-order valence-corrected chi connectivity index (χ2v) is 5.47. The first-order valence-electron chi connectivity index (χ1n) is 6.98. The number of carbonyl (C=O) groups excluding carboxylic acids is 1. The Morgan fingerprint density at radius 2 is 2.29 bits per heavy atom. The monoisotopic (exact) mass is 286 g/mol. The zero-order valence-electron chi connectivity index (χ0n) is 12.2. The fourth-order valence-electron chi connectivity index (χ4n) is 2.61. The molecule has 1 aliphatic heterocycles. The Morgan fingerprint density at radius 3 is 3.00 bits per heavy atom. The van der Waals surface area contributed by atoms with Crippen LogP contribution in [-0.2, 0) is 0 Å². The van der Waals surface area contributed by atoms with Gasteiger partial charge in [0.15, 0.2) is 5.82 Å². The van der Waals surface area contributed by atoms with Crippen LogP contribution >= 0.6 is 0 Å². The maximum Gasteiger partial charge on any atom is 0.253 e. The molecule has 1 aliphatic rings. The van der Waals surface area contributed by atoms with E-state index in [-0.39, 0.29) is 11.8 Å². The first kappa shape index (κ1) is 13.6. The fraction of sp³-hybridized carbons (Fsp3) is 0.400. The number of anilines is 1. The third-order valence-corrected chi connectivity index (χ3v) is 3.83. The van der Waals surface area contributed by atoms with Gasteiger partial charge in [0.2, 0.25) is 6.39 Å². The second-order valence-electron chi connectivity index (χ2n) is 5.47. The van der Waals surface area contributed by atoms with Crippen LogP contribution < -0.4 is 4.90 Å². The van der Waals surface area contributed by atoms with Crippen LogP contribution in [0.3, 0.4) is 0 Å². The molecule has 0 N–H and O–H groups in total. The maximum absolute atomic E-state index is 12.6. The molecule has 2 heterocycles. The number of carbonyl (C=O) groups is 1. The van der Waals surface area contributed by atoms with Crippen molar-refractivity contribution in [1.29, 1.82) is 0 Å². The van der Waals surface area contributed by atoms with Gasteiger partial charge in [-0.2, -0.15) is 4.98 Å². The molecule has 0 unspecified atom stereocenters. The van der Waals surface area contributed by atoms with Crippen molar-refractivity contribution in [3.8, 4) is 0 Å². The van der Waals surface area contributed by atoms with Gasteiger partial charge in [0.05, 0.1) is 0 Å². The number of nitrogens with zero attached hydrogens (tertiary/aromatic N) is 4. The van der Waals surface area contributed by atoms with Crippen LogP contribution in [0, 0.1) is 0 Å². The van der Waals surface area contributed by atoms with Crippen LogP contribution in [0.15, 0.2) is 35.2 Å². The molecule has 6 heteroatoms. The Labute approximate surface area is 123 Å². The Kier molecular flexibility index (Phi) is 3.60. The number of hydrogen-bond acceptors (Lipinski definition) is 5. The van der Waals surface area contributed by atoms with Crippen LogP contribution in [0.1, 0.15) is 28.5 Å². The highest BCUT2D eigenvalue weighted by molar-refractivity contribution is 5.95. The van der Waals surface area contributed by atoms with Gasteiger partial charge in [-0.05, 0) is 24.6 Å². The van der Waals surface area contributed by atoms with Gasteiger partial charge in [-0.1, -0.05) is 11.2 Å². The zero-order chi connectivity index (χ0) is 14.8. The van der Waals surface area contributed by atoms with Gasteiger partial charge in [-0.25, -0.2) is 0 Å². The Hall–Kier alpha value is -2.37. The molecule has 21 heavy (non-hydrogen) atoms. The van der Waals surface area contributed by atoms with Crippen molar-refractivity contribution in [3.63, 3.8) is 0 Å². The van der Waals surface area contributed by atoms with E-state index in [0.29, 0.717) is 12.4 Å². The van der Waals surface area contributed by atoms with Crippen molar-refractivity contribution in [2.45, 2.75) is 12.3 Å². The lowest BCUT2D eigenvalue weighted by Crippen LogP contribution is -2.28. The van der Waals surface area contributed by atoms with E-state index in [9.17, 15) is 4.79 Å². The minimum atomic E-state index is 0.0599. The highest BCUT2D eigenvalue weighted by atomic mass is 16.5.